The molecule has 0 saturated carbocycles. The van der Waals surface area contributed by atoms with E-state index in [4.69, 9.17) is 59.2 Å². The van der Waals surface area contributed by atoms with Gasteiger partial charge in [0.05, 0.1) is 53.3 Å². The number of amides is 5. The van der Waals surface area contributed by atoms with Gasteiger partial charge in [0.2, 0.25) is 0 Å². The minimum atomic E-state index is -0.879. The Bertz CT molecular complexity index is 7400. The van der Waals surface area contributed by atoms with Crippen LogP contribution in [0.3, 0.4) is 0 Å². The molecule has 0 unspecified atom stereocenters. The predicted octanol–water partition coefficient (Wildman–Crippen LogP) is 22.1. The lowest BCUT2D eigenvalue weighted by Gasteiger charge is -2.12. The number of rotatable bonds is 22. The van der Waals surface area contributed by atoms with Crippen LogP contribution in [0.15, 0.2) is 347 Å². The number of phenols is 6. The number of hydrogen-bond acceptors (Lipinski definition) is 19. The van der Waals surface area contributed by atoms with Crippen LogP contribution in [-0.4, -0.2) is 98.4 Å². The summed E-state index contributed by atoms with van der Waals surface area (Å²) in [6.45, 7) is 0.342. The van der Waals surface area contributed by atoms with Crippen LogP contribution in [0.2, 0.25) is 15.1 Å². The van der Waals surface area contributed by atoms with E-state index in [0.717, 1.165) is 102 Å². The van der Waals surface area contributed by atoms with Crippen molar-refractivity contribution in [3.05, 3.63) is 432 Å². The first-order valence-corrected chi connectivity index (χ1v) is 42.2. The number of phenolic OH excluding ortho intramolecular Hbond substituents is 6. The van der Waals surface area contributed by atoms with Crippen molar-refractivity contribution in [2.24, 2.45) is 25.5 Å². The molecule has 0 radical (unpaired) electrons. The second-order valence-electron chi connectivity index (χ2n) is 29.4. The molecule has 0 aromatic heterocycles. The van der Waals surface area contributed by atoms with Crippen molar-refractivity contribution in [3.8, 4) is 51.7 Å². The fourth-order valence-corrected chi connectivity index (χ4v) is 13.9. The molecule has 5 amide bonds. The van der Waals surface area contributed by atoms with Gasteiger partial charge in [-0.1, -0.05) is 186 Å². The van der Waals surface area contributed by atoms with Crippen molar-refractivity contribution < 1.29 is 90.8 Å². The highest BCUT2D eigenvalue weighted by atomic mass is 35.5. The third-order valence-electron chi connectivity index (χ3n) is 20.3. The predicted molar refractivity (Wildman–Crippen MR) is 520 cm³/mol. The summed E-state index contributed by atoms with van der Waals surface area (Å²) < 4.78 is 84.4. The number of benzene rings is 17. The minimum absolute atomic E-state index is 0.0398. The first kappa shape index (κ1) is 97.0. The van der Waals surface area contributed by atoms with E-state index in [1.54, 1.807) is 74.0 Å². The van der Waals surface area contributed by atoms with E-state index in [2.05, 4.69) is 52.6 Å². The third-order valence-corrected chi connectivity index (χ3v) is 21.2. The Kier molecular flexibility index (Phi) is 32.9. The van der Waals surface area contributed by atoms with Crippen molar-refractivity contribution in [3.63, 3.8) is 0 Å². The topological polar surface area (TPSA) is 356 Å². The Morgan fingerprint density at radius 3 is 1.05 bits per heavy atom. The molecule has 17 aromatic carbocycles. The van der Waals surface area contributed by atoms with E-state index in [-0.39, 0.29) is 78.3 Å². The van der Waals surface area contributed by atoms with Gasteiger partial charge in [-0.05, 0) is 202 Å². The van der Waals surface area contributed by atoms with Gasteiger partial charge in [-0.15, -0.1) is 0 Å². The molecule has 17 rings (SSSR count). The number of halogens is 8. The van der Waals surface area contributed by atoms with Crippen molar-refractivity contribution in [2.75, 3.05) is 7.11 Å². The molecule has 0 aliphatic carbocycles. The van der Waals surface area contributed by atoms with Gasteiger partial charge in [-0.25, -0.2) is 49.1 Å². The highest BCUT2D eigenvalue weighted by Crippen LogP contribution is 2.34. The molecular weight excluding hydrogens is 1830 g/mol. The minimum Gasteiger partial charge on any atom is -0.507 e. The lowest BCUT2D eigenvalue weighted by atomic mass is 10.0. The van der Waals surface area contributed by atoms with Crippen LogP contribution in [-0.2, 0) is 13.2 Å². The zero-order valence-electron chi connectivity index (χ0n) is 71.6. The summed E-state index contributed by atoms with van der Waals surface area (Å²) in [7, 11) is 1.63. The summed E-state index contributed by atoms with van der Waals surface area (Å²) in [6.07, 6.45) is 7.49. The smallest absolute Gasteiger partial charge is 0.271 e. The molecule has 11 N–H and O–H groups in total. The average Bonchev–Trinajstić information content (AvgIpc) is 0.811. The molecule has 0 saturated heterocycles. The summed E-state index contributed by atoms with van der Waals surface area (Å²) in [6, 6.07) is 86.7. The Balaban J connectivity index is 0.000000146. The number of methoxy groups -OCH3 is 1. The number of aromatic hydroxyl groups is 6. The first-order valence-electron chi connectivity index (χ1n) is 41.1. The van der Waals surface area contributed by atoms with Crippen LogP contribution in [0, 0.1) is 29.1 Å². The SMILES string of the molecule is COc1cccc(COc2ccc(/C=N/NC(=O)c3ccc(O)c(Cl)c3)c3ccccc23)c1.O=C(N/N=C/c1ccc(F)c2ccccc12)c1ccc(O)c(Cl)c1.O=C(N/N=C/c1ccc(O)c2ccccc12)c1ccc(O)c(F)c1.O=C(N/N=C/c1ccc(OCc2ccc(F)cc2F)c2ccccc12)c1ccc(O)c(Cl)c1.O=C(N/N=C/c1cccc2ccccc12)c1ccc(O)c(F)c1. The van der Waals surface area contributed by atoms with Gasteiger partial charge < -0.3 is 44.8 Å². The Morgan fingerprint density at radius 1 is 0.292 bits per heavy atom. The molecule has 0 aliphatic heterocycles. The van der Waals surface area contributed by atoms with Crippen molar-refractivity contribution in [1.29, 1.82) is 0 Å². The monoisotopic (exact) mass is 1900 g/mol. The molecule has 137 heavy (non-hydrogen) atoms. The number of fused-ring (bicyclic) bond motifs is 5. The number of carbonyl (C=O) groups is 5. The van der Waals surface area contributed by atoms with E-state index < -0.39 is 64.3 Å². The van der Waals surface area contributed by atoms with Crippen molar-refractivity contribution in [1.82, 2.24) is 27.1 Å². The Labute approximate surface area is 792 Å². The molecule has 0 aliphatic rings. The number of ether oxygens (including phenoxy) is 3. The molecule has 0 spiro atoms. The van der Waals surface area contributed by atoms with Crippen LogP contribution < -0.4 is 41.3 Å². The number of nitrogens with one attached hydrogen (secondary N) is 5. The zero-order valence-corrected chi connectivity index (χ0v) is 73.9. The highest BCUT2D eigenvalue weighted by molar-refractivity contribution is 6.33. The molecule has 32 heteroatoms. The molecule has 0 fully saturated rings. The fraction of sp³-hybridized carbons (Fsp3) is 0.0286. The van der Waals surface area contributed by atoms with Crippen LogP contribution in [0.25, 0.3) is 53.9 Å². The number of carbonyl (C=O) groups excluding carboxylic acids is 5. The summed E-state index contributed by atoms with van der Waals surface area (Å²) >= 11 is 17.5. The standard InChI is InChI=1S/C26H21ClN2O4.C25H17ClF2N2O3.C18H12ClFN2O2.C18H13FN2O3.C18H13FN2O2/c1-32-20-6-4-5-17(13-20)16-33-25-12-10-19(21-7-2-3-8-22(21)25)15-28-29-26(31)18-9-11-24(30)23(27)14-18;26-21-11-15(6-9-23(21)31)25(32)30-29-13-16-7-10-24(20-4-2-1-3-19(16)20)33-14-17-5-8-18(27)12-22(17)28;19-15-9-11(6-8-17(15)23)18(24)22-21-10-12-5-7-16(20)14-4-2-1-3-13(12)14;19-15-9-11(5-8-17(15)23)18(24)21-20-10-12-6-7-16(22)14-4-2-1-3-13(12)14;19-16-10-13(8-9-17(16)22)18(23)21-20-11-14-6-3-5-12-4-1-2-7-15(12)14/h2-15,30H,16H2,1H3,(H,29,31);1-13,31H,14H2,(H,30,32);1-10,23H,(H,22,24);1-10,22-23H,(H,21,24);1-11,22H,(H,21,23)/b28-15+;29-13+;21-10+;20-10+;20-11+. The zero-order chi connectivity index (χ0) is 97.0. The van der Waals surface area contributed by atoms with Gasteiger partial charge in [0, 0.05) is 88.8 Å². The van der Waals surface area contributed by atoms with Gasteiger partial charge in [-0.3, -0.25) is 24.0 Å². The maximum Gasteiger partial charge on any atom is 0.271 e. The highest BCUT2D eigenvalue weighted by Gasteiger charge is 2.18. The van der Waals surface area contributed by atoms with Crippen LogP contribution >= 0.6 is 34.8 Å². The second-order valence-corrected chi connectivity index (χ2v) is 30.6. The van der Waals surface area contributed by atoms with Gasteiger partial charge in [0.1, 0.15) is 70.9 Å². The largest absolute Gasteiger partial charge is 0.507 e. The molecule has 17 aromatic rings. The Hall–Kier alpha value is -17.5. The molecule has 686 valence electrons. The molecule has 0 heterocycles. The maximum atomic E-state index is 13.9. The van der Waals surface area contributed by atoms with Crippen molar-refractivity contribution >= 4 is 149 Å². The summed E-state index contributed by atoms with van der Waals surface area (Å²) in [4.78, 5) is 60.3. The third kappa shape index (κ3) is 25.8. The fourth-order valence-electron chi connectivity index (χ4n) is 13.3. The van der Waals surface area contributed by atoms with Crippen LogP contribution in [0.1, 0.15) is 90.7 Å². The normalized spacial score (nSPS) is 11.0. The lowest BCUT2D eigenvalue weighted by Crippen LogP contribution is -2.17. The van der Waals surface area contributed by atoms with E-state index >= 15 is 0 Å². The first-order chi connectivity index (χ1) is 66.2. The number of hydrazone groups is 5. The quantitative estimate of drug-likeness (QED) is 0.0171. The molecular formula is C105H76Cl3F5N10O14. The molecule has 0 bridgehead atoms. The van der Waals surface area contributed by atoms with E-state index in [1.807, 2.05) is 146 Å². The Morgan fingerprint density at radius 2 is 0.628 bits per heavy atom. The number of nitrogens with zero attached hydrogens (tertiary/aromatic N) is 5. The maximum absolute atomic E-state index is 13.9. The number of hydrogen-bond donors (Lipinski definition) is 11. The van der Waals surface area contributed by atoms with Crippen LogP contribution in [0.5, 0.6) is 51.7 Å². The van der Waals surface area contributed by atoms with Crippen molar-refractivity contribution in [2.45, 2.75) is 13.2 Å². The molecule has 24 nitrogen and oxygen atoms in total. The van der Waals surface area contributed by atoms with E-state index in [9.17, 15) is 66.4 Å². The summed E-state index contributed by atoms with van der Waals surface area (Å²) in [5.41, 5.74) is 17.8. The van der Waals surface area contributed by atoms with Gasteiger partial charge >= 0.3 is 0 Å². The second kappa shape index (κ2) is 46.5. The summed E-state index contributed by atoms with van der Waals surface area (Å²) in [5, 5.41) is 84.5. The van der Waals surface area contributed by atoms with Crippen LogP contribution in [0.4, 0.5) is 22.0 Å². The van der Waals surface area contributed by atoms with E-state index in [1.165, 1.54) is 110 Å². The lowest BCUT2D eigenvalue weighted by molar-refractivity contribution is 0.0946. The molecule has 0 atom stereocenters. The van der Waals surface area contributed by atoms with E-state index in [0.29, 0.717) is 45.2 Å². The van der Waals surface area contributed by atoms with Gasteiger partial charge in [0.15, 0.2) is 23.1 Å². The van der Waals surface area contributed by atoms with Gasteiger partial charge in [0.25, 0.3) is 29.5 Å². The summed E-state index contributed by atoms with van der Waals surface area (Å²) in [5.74, 6) is -5.04. The van der Waals surface area contributed by atoms with Gasteiger partial charge in [-0.2, -0.15) is 25.5 Å². The average molecular weight is 1900 g/mol.